The van der Waals surface area contributed by atoms with Crippen LogP contribution in [0, 0.1) is 6.92 Å². The van der Waals surface area contributed by atoms with Crippen LogP contribution in [0.3, 0.4) is 0 Å². The zero-order valence-corrected chi connectivity index (χ0v) is 14.9. The molecule has 0 radical (unpaired) electrons. The maximum Gasteiger partial charge on any atom is 0.335 e. The smallest absolute Gasteiger partial charge is 0.335 e. The molecular formula is C18H15BrN2O4. The van der Waals surface area contributed by atoms with E-state index in [0.717, 1.165) is 9.37 Å². The first-order chi connectivity index (χ1) is 11.9. The van der Waals surface area contributed by atoms with E-state index in [1.54, 1.807) is 19.1 Å². The third-order valence-electron chi connectivity index (χ3n) is 4.05. The number of nitrogens with one attached hydrogen (secondary N) is 1. The predicted molar refractivity (Wildman–Crippen MR) is 96.8 cm³/mol. The number of nitrogens with zero attached hydrogens (tertiary/aromatic N) is 1. The standard InChI is InChI=1S/C18H15BrN2O4/c1-10-6-7-11(18(24)25)8-15(10)21-16(22)9-14(17(21)23)20-13-5-3-2-4-12(13)19/h2-8,14,20H,9H2,1H3,(H,24,25). The molecule has 6 nitrogen and oxygen atoms in total. The predicted octanol–water partition coefficient (Wildman–Crippen LogP) is 3.20. The quantitative estimate of drug-likeness (QED) is 0.766. The van der Waals surface area contributed by atoms with E-state index in [1.165, 1.54) is 12.1 Å². The Bertz CT molecular complexity index is 881. The van der Waals surface area contributed by atoms with Crippen LogP contribution < -0.4 is 10.2 Å². The molecule has 0 saturated carbocycles. The maximum atomic E-state index is 12.7. The molecule has 1 aliphatic rings. The SMILES string of the molecule is Cc1ccc(C(=O)O)cc1N1C(=O)CC(Nc2ccccc2Br)C1=O. The fraction of sp³-hybridized carbons (Fsp3) is 0.167. The van der Waals surface area contributed by atoms with Gasteiger partial charge in [0, 0.05) is 10.2 Å². The summed E-state index contributed by atoms with van der Waals surface area (Å²) in [6.45, 7) is 1.73. The van der Waals surface area contributed by atoms with Gasteiger partial charge >= 0.3 is 5.97 Å². The van der Waals surface area contributed by atoms with Crippen LogP contribution >= 0.6 is 15.9 Å². The third kappa shape index (κ3) is 3.28. The van der Waals surface area contributed by atoms with Crippen LogP contribution in [-0.2, 0) is 9.59 Å². The minimum atomic E-state index is -1.11. The number of benzene rings is 2. The number of imide groups is 1. The molecule has 0 bridgehead atoms. The van der Waals surface area contributed by atoms with Gasteiger partial charge in [0.15, 0.2) is 0 Å². The summed E-state index contributed by atoms with van der Waals surface area (Å²) in [5.41, 5.74) is 1.72. The van der Waals surface area contributed by atoms with Crippen LogP contribution in [0.15, 0.2) is 46.9 Å². The number of carboxylic acid groups (broad SMARTS) is 1. The molecule has 2 aromatic rings. The Kier molecular flexibility index (Phi) is 4.59. The lowest BCUT2D eigenvalue weighted by molar-refractivity contribution is -0.121. The molecule has 1 atom stereocenters. The van der Waals surface area contributed by atoms with Gasteiger partial charge in [-0.25, -0.2) is 9.69 Å². The summed E-state index contributed by atoms with van der Waals surface area (Å²) in [5.74, 6) is -1.87. The molecule has 128 valence electrons. The zero-order chi connectivity index (χ0) is 18.1. The fourth-order valence-electron chi connectivity index (χ4n) is 2.75. The first kappa shape index (κ1) is 17.2. The highest BCUT2D eigenvalue weighted by molar-refractivity contribution is 9.10. The minimum Gasteiger partial charge on any atom is -0.478 e. The van der Waals surface area contributed by atoms with Crippen molar-refractivity contribution in [3.05, 3.63) is 58.1 Å². The summed E-state index contributed by atoms with van der Waals surface area (Å²) in [5, 5.41) is 12.2. The van der Waals surface area contributed by atoms with Gasteiger partial charge in [-0.2, -0.15) is 0 Å². The topological polar surface area (TPSA) is 86.7 Å². The van der Waals surface area contributed by atoms with Crippen molar-refractivity contribution in [3.63, 3.8) is 0 Å². The number of rotatable bonds is 4. The molecule has 7 heteroatoms. The average Bonchev–Trinajstić information content (AvgIpc) is 2.84. The molecule has 0 aliphatic carbocycles. The number of hydrogen-bond donors (Lipinski definition) is 2. The minimum absolute atomic E-state index is 0.0108. The number of carbonyl (C=O) groups excluding carboxylic acids is 2. The Morgan fingerprint density at radius 1 is 1.24 bits per heavy atom. The second-order valence-corrected chi connectivity index (χ2v) is 6.61. The van der Waals surface area contributed by atoms with E-state index in [4.69, 9.17) is 5.11 Å². The van der Waals surface area contributed by atoms with E-state index in [-0.39, 0.29) is 17.9 Å². The zero-order valence-electron chi connectivity index (χ0n) is 13.3. The van der Waals surface area contributed by atoms with Gasteiger partial charge in [-0.05, 0) is 52.7 Å². The van der Waals surface area contributed by atoms with Gasteiger partial charge in [0.25, 0.3) is 5.91 Å². The van der Waals surface area contributed by atoms with Crippen molar-refractivity contribution >= 4 is 45.1 Å². The molecule has 0 aromatic heterocycles. The van der Waals surface area contributed by atoms with E-state index < -0.39 is 17.9 Å². The molecule has 1 heterocycles. The number of hydrogen-bond acceptors (Lipinski definition) is 4. The summed E-state index contributed by atoms with van der Waals surface area (Å²) in [7, 11) is 0. The number of aromatic carboxylic acids is 1. The fourth-order valence-corrected chi connectivity index (χ4v) is 3.15. The molecule has 2 amide bonds. The van der Waals surface area contributed by atoms with Gasteiger partial charge < -0.3 is 10.4 Å². The van der Waals surface area contributed by atoms with Crippen LogP contribution in [0.2, 0.25) is 0 Å². The Hall–Kier alpha value is -2.67. The highest BCUT2D eigenvalue weighted by atomic mass is 79.9. The van der Waals surface area contributed by atoms with Crippen molar-refractivity contribution in [2.24, 2.45) is 0 Å². The maximum absolute atomic E-state index is 12.7. The molecule has 25 heavy (non-hydrogen) atoms. The number of anilines is 2. The lowest BCUT2D eigenvalue weighted by Crippen LogP contribution is -2.35. The van der Waals surface area contributed by atoms with Crippen molar-refractivity contribution in [2.75, 3.05) is 10.2 Å². The molecule has 1 fully saturated rings. The molecular weight excluding hydrogens is 388 g/mol. The molecule has 3 rings (SSSR count). The first-order valence-electron chi connectivity index (χ1n) is 7.60. The van der Waals surface area contributed by atoms with Gasteiger partial charge in [-0.1, -0.05) is 18.2 Å². The molecule has 2 aromatic carbocycles. The molecule has 1 unspecified atom stereocenters. The van der Waals surface area contributed by atoms with Crippen molar-refractivity contribution in [1.29, 1.82) is 0 Å². The number of amides is 2. The van der Waals surface area contributed by atoms with Gasteiger partial charge in [0.2, 0.25) is 5.91 Å². The Labute approximate surface area is 152 Å². The molecule has 1 saturated heterocycles. The molecule has 0 spiro atoms. The van der Waals surface area contributed by atoms with Crippen molar-refractivity contribution < 1.29 is 19.5 Å². The lowest BCUT2D eigenvalue weighted by atomic mass is 10.1. The highest BCUT2D eigenvalue weighted by Crippen LogP contribution is 2.30. The van der Waals surface area contributed by atoms with Crippen molar-refractivity contribution in [3.8, 4) is 0 Å². The number of aryl methyl sites for hydroxylation is 1. The summed E-state index contributed by atoms with van der Waals surface area (Å²) >= 11 is 3.40. The second kappa shape index (κ2) is 6.68. The van der Waals surface area contributed by atoms with Gasteiger partial charge in [0.05, 0.1) is 17.7 Å². The van der Waals surface area contributed by atoms with E-state index in [1.807, 2.05) is 18.2 Å². The lowest BCUT2D eigenvalue weighted by Gasteiger charge is -2.19. The van der Waals surface area contributed by atoms with Crippen LogP contribution in [0.25, 0.3) is 0 Å². The number of carboxylic acids is 1. The summed E-state index contributed by atoms with van der Waals surface area (Å²) in [6, 6.07) is 11.0. The van der Waals surface area contributed by atoms with Crippen LogP contribution in [-0.4, -0.2) is 28.9 Å². The van der Waals surface area contributed by atoms with E-state index >= 15 is 0 Å². The number of halogens is 1. The van der Waals surface area contributed by atoms with Crippen LogP contribution in [0.1, 0.15) is 22.3 Å². The van der Waals surface area contributed by atoms with E-state index in [2.05, 4.69) is 21.2 Å². The van der Waals surface area contributed by atoms with Crippen molar-refractivity contribution in [1.82, 2.24) is 0 Å². The first-order valence-corrected chi connectivity index (χ1v) is 8.39. The Balaban J connectivity index is 1.91. The second-order valence-electron chi connectivity index (χ2n) is 5.75. The largest absolute Gasteiger partial charge is 0.478 e. The van der Waals surface area contributed by atoms with Gasteiger partial charge in [0.1, 0.15) is 6.04 Å². The Morgan fingerprint density at radius 2 is 1.96 bits per heavy atom. The average molecular weight is 403 g/mol. The summed E-state index contributed by atoms with van der Waals surface area (Å²) in [4.78, 5) is 37.4. The summed E-state index contributed by atoms with van der Waals surface area (Å²) in [6.07, 6.45) is 0.0108. The number of carbonyl (C=O) groups is 3. The van der Waals surface area contributed by atoms with Crippen LogP contribution in [0.4, 0.5) is 11.4 Å². The van der Waals surface area contributed by atoms with Crippen molar-refractivity contribution in [2.45, 2.75) is 19.4 Å². The van der Waals surface area contributed by atoms with E-state index in [9.17, 15) is 14.4 Å². The third-order valence-corrected chi connectivity index (χ3v) is 4.74. The highest BCUT2D eigenvalue weighted by Gasteiger charge is 2.40. The van der Waals surface area contributed by atoms with Gasteiger partial charge in [-0.15, -0.1) is 0 Å². The normalized spacial score (nSPS) is 17.0. The monoisotopic (exact) mass is 402 g/mol. The van der Waals surface area contributed by atoms with E-state index in [0.29, 0.717) is 16.9 Å². The molecule has 2 N–H and O–H groups in total. The number of para-hydroxylation sites is 1. The van der Waals surface area contributed by atoms with Crippen LogP contribution in [0.5, 0.6) is 0 Å². The van der Waals surface area contributed by atoms with Gasteiger partial charge in [-0.3, -0.25) is 9.59 Å². The Morgan fingerprint density at radius 3 is 2.64 bits per heavy atom. The summed E-state index contributed by atoms with van der Waals surface area (Å²) < 4.78 is 0.790. The molecule has 1 aliphatic heterocycles.